The summed E-state index contributed by atoms with van der Waals surface area (Å²) in [6.07, 6.45) is 4.94. The Morgan fingerprint density at radius 2 is 2.19 bits per heavy atom. The minimum atomic E-state index is -0.152. The molecule has 0 saturated carbocycles. The lowest BCUT2D eigenvalue weighted by Crippen LogP contribution is -3.16. The molecule has 0 spiro atoms. The molecule has 1 aliphatic heterocycles. The number of aryl methyl sites for hydroxylation is 1. The molecule has 1 amide bonds. The monoisotopic (exact) mass is 376 g/mol. The third kappa shape index (κ3) is 4.27. The van der Waals surface area contributed by atoms with Crippen LogP contribution in [0.2, 0.25) is 5.02 Å². The number of hydrogen-bond donors (Lipinski definition) is 2. The van der Waals surface area contributed by atoms with Crippen molar-refractivity contribution in [3.8, 4) is 11.3 Å². The average Bonchev–Trinajstić information content (AvgIpc) is 3.02. The number of hydrogen-bond acceptors (Lipinski definition) is 3. The average molecular weight is 377 g/mol. The van der Waals surface area contributed by atoms with E-state index in [0.717, 1.165) is 19.0 Å². The molecule has 2 aromatic rings. The van der Waals surface area contributed by atoms with Gasteiger partial charge in [-0.15, -0.1) is 0 Å². The van der Waals surface area contributed by atoms with E-state index in [2.05, 4.69) is 17.4 Å². The molecule has 2 N–H and O–H groups in total. The highest BCUT2D eigenvalue weighted by Crippen LogP contribution is 2.30. The van der Waals surface area contributed by atoms with E-state index >= 15 is 0 Å². The molecule has 0 radical (unpaired) electrons. The van der Waals surface area contributed by atoms with Crippen molar-refractivity contribution in [3.05, 3.63) is 40.6 Å². The van der Waals surface area contributed by atoms with Crippen LogP contribution in [0.15, 0.2) is 28.8 Å². The summed E-state index contributed by atoms with van der Waals surface area (Å²) in [5.41, 5.74) is 1.68. The standard InChI is InChI=1S/C20H26ClN3O2/c1-14-8-5-6-12-24(14)13-7-11-22-20(25)18-15(2)26-23-19(18)16-9-3-4-10-17(16)21/h3-4,9-10,14H,5-8,11-13H2,1-2H3,(H,22,25)/p+1/t14-/m0/s1. The number of piperidine rings is 1. The smallest absolute Gasteiger partial charge is 0.257 e. The van der Waals surface area contributed by atoms with Crippen LogP contribution in [0.1, 0.15) is 48.7 Å². The molecule has 2 atom stereocenters. The van der Waals surface area contributed by atoms with Gasteiger partial charge in [-0.1, -0.05) is 35.0 Å². The van der Waals surface area contributed by atoms with Crippen LogP contribution in [0.5, 0.6) is 0 Å². The zero-order valence-electron chi connectivity index (χ0n) is 15.5. The molecule has 1 aliphatic rings. The number of nitrogens with zero attached hydrogens (tertiary/aromatic N) is 1. The summed E-state index contributed by atoms with van der Waals surface area (Å²) in [7, 11) is 0. The maximum absolute atomic E-state index is 12.7. The predicted molar refractivity (Wildman–Crippen MR) is 103 cm³/mol. The van der Waals surface area contributed by atoms with Crippen molar-refractivity contribution in [1.29, 1.82) is 0 Å². The molecule has 3 rings (SSSR count). The maximum atomic E-state index is 12.7. The Balaban J connectivity index is 1.60. The molecule has 0 bridgehead atoms. The number of carbonyl (C=O) groups excluding carboxylic acids is 1. The Kier molecular flexibility index (Phi) is 6.33. The van der Waals surface area contributed by atoms with Crippen molar-refractivity contribution >= 4 is 17.5 Å². The lowest BCUT2D eigenvalue weighted by molar-refractivity contribution is -0.928. The van der Waals surface area contributed by atoms with E-state index in [1.54, 1.807) is 17.9 Å². The fourth-order valence-corrected chi connectivity index (χ4v) is 3.93. The minimum Gasteiger partial charge on any atom is -0.360 e. The van der Waals surface area contributed by atoms with Crippen molar-refractivity contribution in [2.45, 2.75) is 45.6 Å². The van der Waals surface area contributed by atoms with E-state index in [4.69, 9.17) is 16.1 Å². The fourth-order valence-electron chi connectivity index (χ4n) is 3.71. The molecular formula is C20H27ClN3O2+. The van der Waals surface area contributed by atoms with Gasteiger partial charge in [-0.2, -0.15) is 0 Å². The molecule has 2 heterocycles. The Morgan fingerprint density at radius 1 is 1.38 bits per heavy atom. The number of nitrogens with one attached hydrogen (secondary N) is 2. The van der Waals surface area contributed by atoms with Crippen LogP contribution in [0.4, 0.5) is 0 Å². The van der Waals surface area contributed by atoms with Gasteiger partial charge >= 0.3 is 0 Å². The number of aromatic nitrogens is 1. The van der Waals surface area contributed by atoms with E-state index in [1.807, 2.05) is 18.2 Å². The number of amides is 1. The second-order valence-electron chi connectivity index (χ2n) is 7.11. The topological polar surface area (TPSA) is 59.6 Å². The Bertz CT molecular complexity index is 759. The summed E-state index contributed by atoms with van der Waals surface area (Å²) in [6, 6.07) is 8.08. The van der Waals surface area contributed by atoms with Crippen LogP contribution in [0.3, 0.4) is 0 Å². The van der Waals surface area contributed by atoms with Crippen molar-refractivity contribution in [1.82, 2.24) is 10.5 Å². The van der Waals surface area contributed by atoms with E-state index in [0.29, 0.717) is 34.1 Å². The van der Waals surface area contributed by atoms with Gasteiger partial charge in [0, 0.05) is 18.5 Å². The summed E-state index contributed by atoms with van der Waals surface area (Å²) in [5, 5.41) is 7.62. The van der Waals surface area contributed by atoms with Crippen LogP contribution < -0.4 is 10.2 Å². The number of carbonyl (C=O) groups is 1. The molecule has 1 aromatic heterocycles. The molecule has 6 heteroatoms. The van der Waals surface area contributed by atoms with E-state index in [-0.39, 0.29) is 5.91 Å². The zero-order valence-corrected chi connectivity index (χ0v) is 16.2. The second kappa shape index (κ2) is 8.69. The van der Waals surface area contributed by atoms with Crippen molar-refractivity contribution in [2.75, 3.05) is 19.6 Å². The van der Waals surface area contributed by atoms with Gasteiger partial charge in [-0.05, 0) is 39.2 Å². The van der Waals surface area contributed by atoms with Gasteiger partial charge in [-0.3, -0.25) is 4.79 Å². The third-order valence-electron chi connectivity index (χ3n) is 5.26. The van der Waals surface area contributed by atoms with Gasteiger partial charge in [0.1, 0.15) is 17.0 Å². The Hall–Kier alpha value is -1.85. The van der Waals surface area contributed by atoms with Crippen LogP contribution >= 0.6 is 11.6 Å². The first-order valence-corrected chi connectivity index (χ1v) is 9.79. The number of halogens is 1. The van der Waals surface area contributed by atoms with Gasteiger partial charge in [-0.25, -0.2) is 0 Å². The van der Waals surface area contributed by atoms with Crippen molar-refractivity contribution in [3.63, 3.8) is 0 Å². The van der Waals surface area contributed by atoms with E-state index in [1.165, 1.54) is 25.8 Å². The van der Waals surface area contributed by atoms with Crippen LogP contribution in [0, 0.1) is 6.92 Å². The minimum absolute atomic E-state index is 0.152. The third-order valence-corrected chi connectivity index (χ3v) is 5.59. The molecule has 1 unspecified atom stereocenters. The first-order chi connectivity index (χ1) is 12.6. The van der Waals surface area contributed by atoms with Gasteiger partial charge < -0.3 is 14.7 Å². The second-order valence-corrected chi connectivity index (χ2v) is 7.51. The highest BCUT2D eigenvalue weighted by Gasteiger charge is 2.24. The highest BCUT2D eigenvalue weighted by atomic mass is 35.5. The van der Waals surface area contributed by atoms with Gasteiger partial charge in [0.25, 0.3) is 5.91 Å². The number of rotatable bonds is 6. The molecule has 0 aliphatic carbocycles. The van der Waals surface area contributed by atoms with Gasteiger partial charge in [0.2, 0.25) is 0 Å². The van der Waals surface area contributed by atoms with Crippen molar-refractivity contribution < 1.29 is 14.2 Å². The van der Waals surface area contributed by atoms with Crippen LogP contribution in [-0.2, 0) is 0 Å². The van der Waals surface area contributed by atoms with E-state index < -0.39 is 0 Å². The van der Waals surface area contributed by atoms with Crippen molar-refractivity contribution in [2.24, 2.45) is 0 Å². The Labute approximate surface area is 159 Å². The summed E-state index contributed by atoms with van der Waals surface area (Å²) in [6.45, 7) is 7.07. The molecule has 5 nitrogen and oxygen atoms in total. The quantitative estimate of drug-likeness (QED) is 0.762. The van der Waals surface area contributed by atoms with Gasteiger partial charge in [0.15, 0.2) is 0 Å². The number of quaternary nitrogens is 1. The predicted octanol–water partition coefficient (Wildman–Crippen LogP) is 2.88. The van der Waals surface area contributed by atoms with Crippen LogP contribution in [0.25, 0.3) is 11.3 Å². The largest absolute Gasteiger partial charge is 0.360 e. The summed E-state index contributed by atoms with van der Waals surface area (Å²) >= 11 is 6.25. The first kappa shape index (κ1) is 18.9. The molecule has 26 heavy (non-hydrogen) atoms. The molecular weight excluding hydrogens is 350 g/mol. The normalized spacial score (nSPS) is 20.1. The lowest BCUT2D eigenvalue weighted by atomic mass is 10.0. The summed E-state index contributed by atoms with van der Waals surface area (Å²) in [5.74, 6) is 0.355. The van der Waals surface area contributed by atoms with E-state index in [9.17, 15) is 4.79 Å². The molecule has 1 fully saturated rings. The van der Waals surface area contributed by atoms with Gasteiger partial charge in [0.05, 0.1) is 24.2 Å². The highest BCUT2D eigenvalue weighted by molar-refractivity contribution is 6.33. The Morgan fingerprint density at radius 3 is 2.96 bits per heavy atom. The SMILES string of the molecule is Cc1onc(-c2ccccc2Cl)c1C(=O)NCCC[NH+]1CCCC[C@@H]1C. The maximum Gasteiger partial charge on any atom is 0.257 e. The summed E-state index contributed by atoms with van der Waals surface area (Å²) < 4.78 is 5.27. The zero-order chi connectivity index (χ0) is 18.5. The molecule has 1 saturated heterocycles. The first-order valence-electron chi connectivity index (χ1n) is 9.42. The lowest BCUT2D eigenvalue weighted by Gasteiger charge is -2.30. The summed E-state index contributed by atoms with van der Waals surface area (Å²) in [4.78, 5) is 14.3. The number of benzene rings is 1. The molecule has 140 valence electrons. The fraction of sp³-hybridized carbons (Fsp3) is 0.500. The van der Waals surface area contributed by atoms with Crippen LogP contribution in [-0.4, -0.2) is 36.7 Å². The molecule has 1 aromatic carbocycles. The number of likely N-dealkylation sites (tertiary alicyclic amines) is 1.